The normalized spacial score (nSPS) is 16.8. The van der Waals surface area contributed by atoms with E-state index in [9.17, 15) is 8.42 Å². The maximum Gasteiger partial charge on any atom is 0.240 e. The number of hydrogen-bond donors (Lipinski definition) is 1. The molecule has 2 aromatic rings. The molecule has 1 saturated heterocycles. The van der Waals surface area contributed by atoms with Gasteiger partial charge in [0, 0.05) is 24.8 Å². The van der Waals surface area contributed by atoms with Gasteiger partial charge in [0.25, 0.3) is 0 Å². The van der Waals surface area contributed by atoms with Crippen LogP contribution in [0, 0.1) is 0 Å². The first-order valence-electron chi connectivity index (χ1n) is 9.94. The fourth-order valence-corrected chi connectivity index (χ4v) is 4.85. The van der Waals surface area contributed by atoms with Gasteiger partial charge in [-0.2, -0.15) is 0 Å². The molecule has 3 rings (SSSR count). The van der Waals surface area contributed by atoms with Crippen molar-refractivity contribution < 1.29 is 13.2 Å². The summed E-state index contributed by atoms with van der Waals surface area (Å²) in [6.45, 7) is 5.94. The zero-order valence-corrected chi connectivity index (χ0v) is 17.7. The summed E-state index contributed by atoms with van der Waals surface area (Å²) in [5.74, 6) is 1.28. The molecule has 0 saturated carbocycles. The average Bonchev–Trinajstić information content (AvgIpc) is 2.73. The Kier molecular flexibility index (Phi) is 6.62. The Labute approximate surface area is 168 Å². The van der Waals surface area contributed by atoms with Gasteiger partial charge in [-0.05, 0) is 67.1 Å². The van der Waals surface area contributed by atoms with Crippen LogP contribution < -0.4 is 14.4 Å². The minimum atomic E-state index is -3.49. The van der Waals surface area contributed by atoms with Crippen LogP contribution in [0.15, 0.2) is 53.4 Å². The number of rotatable bonds is 7. The Bertz CT molecular complexity index is 856. The van der Waals surface area contributed by atoms with E-state index in [4.69, 9.17) is 4.74 Å². The monoisotopic (exact) mass is 402 g/mol. The zero-order valence-electron chi connectivity index (χ0n) is 16.9. The second-order valence-electron chi connectivity index (χ2n) is 7.46. The molecule has 0 aromatic heterocycles. The standard InChI is InChI=1S/C22H30N2O3S/c1-4-17(2)18-5-11-22(12-6-18)28(25,26)23-19-13-15-24(16-14-19)20-7-9-21(27-3)10-8-20/h5-12,17,19,23H,4,13-16H2,1-3H3. The van der Waals surface area contributed by atoms with Gasteiger partial charge in [0.05, 0.1) is 12.0 Å². The van der Waals surface area contributed by atoms with Crippen molar-refractivity contribution in [3.63, 3.8) is 0 Å². The van der Waals surface area contributed by atoms with Gasteiger partial charge in [-0.25, -0.2) is 13.1 Å². The summed E-state index contributed by atoms with van der Waals surface area (Å²) in [6.07, 6.45) is 2.61. The van der Waals surface area contributed by atoms with E-state index in [0.717, 1.165) is 43.8 Å². The smallest absolute Gasteiger partial charge is 0.240 e. The third kappa shape index (κ3) is 4.86. The topological polar surface area (TPSA) is 58.6 Å². The molecule has 0 bridgehead atoms. The molecule has 5 nitrogen and oxygen atoms in total. The third-order valence-electron chi connectivity index (χ3n) is 5.63. The number of nitrogens with one attached hydrogen (secondary N) is 1. The van der Waals surface area contributed by atoms with Gasteiger partial charge >= 0.3 is 0 Å². The molecule has 1 N–H and O–H groups in total. The SMILES string of the molecule is CCC(C)c1ccc(S(=O)(=O)NC2CCN(c3ccc(OC)cc3)CC2)cc1. The highest BCUT2D eigenvalue weighted by Gasteiger charge is 2.25. The lowest BCUT2D eigenvalue weighted by atomic mass is 9.99. The molecule has 28 heavy (non-hydrogen) atoms. The molecule has 1 atom stereocenters. The van der Waals surface area contributed by atoms with E-state index in [1.807, 2.05) is 36.4 Å². The van der Waals surface area contributed by atoms with Gasteiger partial charge in [0.1, 0.15) is 5.75 Å². The number of anilines is 1. The third-order valence-corrected chi connectivity index (χ3v) is 7.16. The second-order valence-corrected chi connectivity index (χ2v) is 9.17. The van der Waals surface area contributed by atoms with Crippen LogP contribution in [-0.2, 0) is 10.0 Å². The van der Waals surface area contributed by atoms with E-state index in [2.05, 4.69) is 23.5 Å². The van der Waals surface area contributed by atoms with Gasteiger partial charge in [0.2, 0.25) is 10.0 Å². The maximum atomic E-state index is 12.7. The van der Waals surface area contributed by atoms with Crippen molar-refractivity contribution >= 4 is 15.7 Å². The highest BCUT2D eigenvalue weighted by atomic mass is 32.2. The summed E-state index contributed by atoms with van der Waals surface area (Å²) >= 11 is 0. The van der Waals surface area contributed by atoms with Crippen LogP contribution in [0.25, 0.3) is 0 Å². The van der Waals surface area contributed by atoms with Crippen molar-refractivity contribution in [2.24, 2.45) is 0 Å². The minimum Gasteiger partial charge on any atom is -0.497 e. The Hall–Kier alpha value is -2.05. The summed E-state index contributed by atoms with van der Waals surface area (Å²) in [5.41, 5.74) is 2.32. The Morgan fingerprint density at radius 3 is 2.21 bits per heavy atom. The molecule has 2 aromatic carbocycles. The molecule has 0 aliphatic carbocycles. The van der Waals surface area contributed by atoms with Crippen LogP contribution >= 0.6 is 0 Å². The molecule has 0 spiro atoms. The Balaban J connectivity index is 1.58. The summed E-state index contributed by atoms with van der Waals surface area (Å²) in [5, 5.41) is 0. The fraction of sp³-hybridized carbons (Fsp3) is 0.455. The first-order chi connectivity index (χ1) is 13.4. The van der Waals surface area contributed by atoms with E-state index in [0.29, 0.717) is 10.8 Å². The lowest BCUT2D eigenvalue weighted by molar-refractivity contribution is 0.414. The molecule has 1 aliphatic heterocycles. The summed E-state index contributed by atoms with van der Waals surface area (Å²) in [4.78, 5) is 2.63. The molecule has 0 amide bonds. The Morgan fingerprint density at radius 2 is 1.68 bits per heavy atom. The van der Waals surface area contributed by atoms with Crippen molar-refractivity contribution in [2.45, 2.75) is 50.0 Å². The maximum absolute atomic E-state index is 12.7. The number of benzene rings is 2. The highest BCUT2D eigenvalue weighted by molar-refractivity contribution is 7.89. The number of sulfonamides is 1. The molecule has 6 heteroatoms. The van der Waals surface area contributed by atoms with Crippen LogP contribution in [0.2, 0.25) is 0 Å². The van der Waals surface area contributed by atoms with E-state index in [1.54, 1.807) is 19.2 Å². The number of piperidine rings is 1. The molecule has 1 aliphatic rings. The van der Waals surface area contributed by atoms with Crippen molar-refractivity contribution in [2.75, 3.05) is 25.1 Å². The lowest BCUT2D eigenvalue weighted by Gasteiger charge is -2.33. The number of nitrogens with zero attached hydrogens (tertiary/aromatic N) is 1. The van der Waals surface area contributed by atoms with Crippen LogP contribution in [0.5, 0.6) is 5.75 Å². The van der Waals surface area contributed by atoms with E-state index in [-0.39, 0.29) is 6.04 Å². The first-order valence-corrected chi connectivity index (χ1v) is 11.4. The van der Waals surface area contributed by atoms with Gasteiger partial charge in [-0.1, -0.05) is 26.0 Å². The highest BCUT2D eigenvalue weighted by Crippen LogP contribution is 2.24. The van der Waals surface area contributed by atoms with E-state index in [1.165, 1.54) is 5.56 Å². The van der Waals surface area contributed by atoms with Crippen molar-refractivity contribution in [1.82, 2.24) is 4.72 Å². The Morgan fingerprint density at radius 1 is 1.07 bits per heavy atom. The van der Waals surface area contributed by atoms with Gasteiger partial charge in [0.15, 0.2) is 0 Å². The largest absolute Gasteiger partial charge is 0.497 e. The van der Waals surface area contributed by atoms with Crippen LogP contribution in [0.1, 0.15) is 44.6 Å². The molecule has 1 fully saturated rings. The quantitative estimate of drug-likeness (QED) is 0.756. The predicted octanol–water partition coefficient (Wildman–Crippen LogP) is 4.16. The molecular weight excluding hydrogens is 372 g/mol. The van der Waals surface area contributed by atoms with Crippen molar-refractivity contribution in [1.29, 1.82) is 0 Å². The zero-order chi connectivity index (χ0) is 20.1. The summed E-state index contributed by atoms with van der Waals surface area (Å²) < 4.78 is 33.6. The van der Waals surface area contributed by atoms with Gasteiger partial charge < -0.3 is 9.64 Å². The minimum absolute atomic E-state index is 0.0336. The van der Waals surface area contributed by atoms with Gasteiger partial charge in [-0.15, -0.1) is 0 Å². The van der Waals surface area contributed by atoms with Crippen LogP contribution in [0.3, 0.4) is 0 Å². The molecule has 1 heterocycles. The number of ether oxygens (including phenoxy) is 1. The lowest BCUT2D eigenvalue weighted by Crippen LogP contribution is -2.44. The average molecular weight is 403 g/mol. The van der Waals surface area contributed by atoms with Crippen LogP contribution in [0.4, 0.5) is 5.69 Å². The molecule has 1 unspecified atom stereocenters. The van der Waals surface area contributed by atoms with Gasteiger partial charge in [-0.3, -0.25) is 0 Å². The van der Waals surface area contributed by atoms with Crippen molar-refractivity contribution in [3.05, 3.63) is 54.1 Å². The number of methoxy groups -OCH3 is 1. The van der Waals surface area contributed by atoms with Crippen LogP contribution in [-0.4, -0.2) is 34.7 Å². The summed E-state index contributed by atoms with van der Waals surface area (Å²) in [7, 11) is -1.83. The predicted molar refractivity (Wildman–Crippen MR) is 114 cm³/mol. The van der Waals surface area contributed by atoms with E-state index < -0.39 is 10.0 Å². The summed E-state index contributed by atoms with van der Waals surface area (Å²) in [6, 6.07) is 15.2. The first kappa shape index (κ1) is 20.7. The molecule has 152 valence electrons. The number of hydrogen-bond acceptors (Lipinski definition) is 4. The molecular formula is C22H30N2O3S. The fourth-order valence-electron chi connectivity index (χ4n) is 3.55. The molecule has 0 radical (unpaired) electrons. The second kappa shape index (κ2) is 8.97. The van der Waals surface area contributed by atoms with Crippen molar-refractivity contribution in [3.8, 4) is 5.75 Å². The van der Waals surface area contributed by atoms with E-state index >= 15 is 0 Å².